The van der Waals surface area contributed by atoms with Crippen molar-refractivity contribution in [1.82, 2.24) is 0 Å². The van der Waals surface area contributed by atoms with Gasteiger partial charge in [-0.05, 0) is 12.0 Å². The standard InChI is InChI=1S/C16H22O7Si/c1-4-10-20-11-16(19)23-24(21-13(2)17,22-14(3)18)12-15-8-6-5-7-9-15/h5-9H,4,10-12H2,1-3H3. The molecule has 0 spiro atoms. The SMILES string of the molecule is CCCOCC(=O)O[Si](Cc1ccccc1)(OC(C)=O)OC(C)=O. The fraction of sp³-hybridized carbons (Fsp3) is 0.438. The molecule has 0 fully saturated rings. The van der Waals surface area contributed by atoms with Crippen molar-refractivity contribution in [2.24, 2.45) is 0 Å². The van der Waals surface area contributed by atoms with Gasteiger partial charge in [-0.25, -0.2) is 0 Å². The first-order chi connectivity index (χ1) is 11.4. The van der Waals surface area contributed by atoms with Crippen molar-refractivity contribution in [3.8, 4) is 0 Å². The molecule has 0 radical (unpaired) electrons. The molecule has 0 saturated heterocycles. The van der Waals surface area contributed by atoms with Gasteiger partial charge in [-0.2, -0.15) is 0 Å². The van der Waals surface area contributed by atoms with Gasteiger partial charge in [-0.1, -0.05) is 37.3 Å². The topological polar surface area (TPSA) is 88.1 Å². The van der Waals surface area contributed by atoms with Gasteiger partial charge in [0, 0.05) is 20.5 Å². The summed E-state index contributed by atoms with van der Waals surface area (Å²) < 4.78 is 20.8. The van der Waals surface area contributed by atoms with Gasteiger partial charge in [0.25, 0.3) is 11.9 Å². The van der Waals surface area contributed by atoms with Crippen LogP contribution < -0.4 is 0 Å². The lowest BCUT2D eigenvalue weighted by molar-refractivity contribution is -0.151. The predicted octanol–water partition coefficient (Wildman–Crippen LogP) is 1.80. The molecule has 0 atom stereocenters. The molecule has 8 heteroatoms. The third-order valence-corrected chi connectivity index (χ3v) is 5.28. The largest absolute Gasteiger partial charge is 0.709 e. The second kappa shape index (κ2) is 9.84. The second-order valence-electron chi connectivity index (χ2n) is 5.06. The Balaban J connectivity index is 2.98. The number of ether oxygens (including phenoxy) is 1. The van der Waals surface area contributed by atoms with Crippen molar-refractivity contribution in [1.29, 1.82) is 0 Å². The van der Waals surface area contributed by atoms with Gasteiger partial charge in [-0.3, -0.25) is 14.4 Å². The number of carbonyl (C=O) groups excluding carboxylic acids is 3. The first-order valence-corrected chi connectivity index (χ1v) is 9.52. The molecule has 1 aromatic carbocycles. The molecule has 0 heterocycles. The number of rotatable bonds is 9. The minimum Gasteiger partial charge on any atom is -0.455 e. The lowest BCUT2D eigenvalue weighted by Gasteiger charge is -2.26. The summed E-state index contributed by atoms with van der Waals surface area (Å²) in [5, 5.41) is 0. The van der Waals surface area contributed by atoms with Gasteiger partial charge in [0.05, 0.1) is 6.04 Å². The molecule has 1 rings (SSSR count). The average Bonchev–Trinajstić information content (AvgIpc) is 2.46. The van der Waals surface area contributed by atoms with Crippen LogP contribution in [0.4, 0.5) is 0 Å². The highest BCUT2D eigenvalue weighted by molar-refractivity contribution is 6.65. The molecule has 0 aliphatic carbocycles. The lowest BCUT2D eigenvalue weighted by atomic mass is 10.2. The van der Waals surface area contributed by atoms with E-state index in [1.165, 1.54) is 0 Å². The third kappa shape index (κ3) is 7.38. The summed E-state index contributed by atoms with van der Waals surface area (Å²) in [7, 11) is -3.91. The molecule has 7 nitrogen and oxygen atoms in total. The zero-order chi connectivity index (χ0) is 18.0. The molecule has 0 N–H and O–H groups in total. The molecule has 0 unspecified atom stereocenters. The second-order valence-corrected chi connectivity index (χ2v) is 7.39. The minimum absolute atomic E-state index is 0.00647. The third-order valence-electron chi connectivity index (χ3n) is 2.70. The Bertz CT molecular complexity index is 543. The van der Waals surface area contributed by atoms with Crippen LogP contribution in [0.25, 0.3) is 0 Å². The van der Waals surface area contributed by atoms with Gasteiger partial charge < -0.3 is 18.0 Å². The van der Waals surface area contributed by atoms with Crippen LogP contribution in [-0.4, -0.2) is 39.9 Å². The average molecular weight is 354 g/mol. The highest BCUT2D eigenvalue weighted by Crippen LogP contribution is 2.18. The van der Waals surface area contributed by atoms with Gasteiger partial charge in [-0.15, -0.1) is 0 Å². The smallest absolute Gasteiger partial charge is 0.455 e. The quantitative estimate of drug-likeness (QED) is 0.493. The van der Waals surface area contributed by atoms with Crippen molar-refractivity contribution >= 4 is 26.7 Å². The molecule has 1 aromatic rings. The van der Waals surface area contributed by atoms with Gasteiger partial charge in [0.15, 0.2) is 0 Å². The van der Waals surface area contributed by atoms with E-state index in [2.05, 4.69) is 0 Å². The van der Waals surface area contributed by atoms with E-state index >= 15 is 0 Å². The van der Waals surface area contributed by atoms with Crippen molar-refractivity contribution in [2.75, 3.05) is 13.2 Å². The summed E-state index contributed by atoms with van der Waals surface area (Å²) in [5.74, 6) is -2.13. The van der Waals surface area contributed by atoms with E-state index in [1.807, 2.05) is 13.0 Å². The number of carbonyl (C=O) groups is 3. The molecule has 24 heavy (non-hydrogen) atoms. The Hall–Kier alpha value is -2.19. The molecule has 0 aliphatic heterocycles. The van der Waals surface area contributed by atoms with E-state index in [1.54, 1.807) is 24.3 Å². The molecular formula is C16H22O7Si. The fourth-order valence-electron chi connectivity index (χ4n) is 1.96. The molecule has 132 valence electrons. The van der Waals surface area contributed by atoms with E-state index < -0.39 is 26.7 Å². The maximum Gasteiger partial charge on any atom is 0.709 e. The van der Waals surface area contributed by atoms with Gasteiger partial charge >= 0.3 is 14.8 Å². The van der Waals surface area contributed by atoms with Crippen molar-refractivity contribution in [3.63, 3.8) is 0 Å². The number of hydrogen-bond acceptors (Lipinski definition) is 7. The van der Waals surface area contributed by atoms with Crippen molar-refractivity contribution < 1.29 is 32.4 Å². The summed E-state index contributed by atoms with van der Waals surface area (Å²) in [4.78, 5) is 34.9. The van der Waals surface area contributed by atoms with Crippen LogP contribution in [0.2, 0.25) is 0 Å². The molecule has 0 aromatic heterocycles. The van der Waals surface area contributed by atoms with Crippen LogP contribution >= 0.6 is 0 Å². The predicted molar refractivity (Wildman–Crippen MR) is 86.6 cm³/mol. The Morgan fingerprint density at radius 1 is 0.958 bits per heavy atom. The van der Waals surface area contributed by atoms with E-state index in [9.17, 15) is 14.4 Å². The highest BCUT2D eigenvalue weighted by Gasteiger charge is 2.52. The summed E-state index contributed by atoms with van der Waals surface area (Å²) in [6, 6.07) is 8.90. The highest BCUT2D eigenvalue weighted by atomic mass is 28.4. The Morgan fingerprint density at radius 3 is 2.04 bits per heavy atom. The van der Waals surface area contributed by atoms with Crippen LogP contribution in [0.3, 0.4) is 0 Å². The van der Waals surface area contributed by atoms with Crippen LogP contribution in [-0.2, 0) is 38.4 Å². The summed E-state index contributed by atoms with van der Waals surface area (Å²) in [5.41, 5.74) is 0.717. The van der Waals surface area contributed by atoms with Crippen LogP contribution in [0.5, 0.6) is 0 Å². The van der Waals surface area contributed by atoms with E-state index in [4.69, 9.17) is 18.0 Å². The molecule has 0 amide bonds. The van der Waals surface area contributed by atoms with E-state index in [-0.39, 0.29) is 12.7 Å². The van der Waals surface area contributed by atoms with Crippen molar-refractivity contribution in [2.45, 2.75) is 33.2 Å². The fourth-order valence-corrected chi connectivity index (χ4v) is 4.32. The summed E-state index contributed by atoms with van der Waals surface area (Å²) >= 11 is 0. The van der Waals surface area contributed by atoms with Gasteiger partial charge in [0.2, 0.25) is 0 Å². The lowest BCUT2D eigenvalue weighted by Crippen LogP contribution is -2.52. The Morgan fingerprint density at radius 2 is 1.54 bits per heavy atom. The minimum atomic E-state index is -3.91. The maximum absolute atomic E-state index is 12.0. The molecule has 0 aliphatic rings. The van der Waals surface area contributed by atoms with Crippen molar-refractivity contribution in [3.05, 3.63) is 35.9 Å². The van der Waals surface area contributed by atoms with Crippen LogP contribution in [0.15, 0.2) is 30.3 Å². The zero-order valence-electron chi connectivity index (χ0n) is 14.1. The Labute approximate surface area is 142 Å². The van der Waals surface area contributed by atoms with E-state index in [0.29, 0.717) is 12.2 Å². The normalized spacial score (nSPS) is 10.8. The molecule has 0 saturated carbocycles. The first-order valence-electron chi connectivity index (χ1n) is 7.59. The summed E-state index contributed by atoms with van der Waals surface area (Å²) in [6.45, 7) is 4.32. The van der Waals surface area contributed by atoms with Crippen LogP contribution in [0, 0.1) is 0 Å². The molecular weight excluding hydrogens is 332 g/mol. The Kier molecular flexibility index (Phi) is 8.14. The maximum atomic E-state index is 12.0. The monoisotopic (exact) mass is 354 g/mol. The number of hydrogen-bond donors (Lipinski definition) is 0. The van der Waals surface area contributed by atoms with E-state index in [0.717, 1.165) is 20.3 Å². The first kappa shape index (κ1) is 19.9. The number of benzene rings is 1. The van der Waals surface area contributed by atoms with Crippen LogP contribution in [0.1, 0.15) is 32.8 Å². The van der Waals surface area contributed by atoms with Gasteiger partial charge in [0.1, 0.15) is 6.61 Å². The zero-order valence-corrected chi connectivity index (χ0v) is 15.1. The summed E-state index contributed by atoms with van der Waals surface area (Å²) in [6.07, 6.45) is 0.744. The molecule has 0 bridgehead atoms.